The number of hydrogen-bond acceptors (Lipinski definition) is 4. The first-order valence-electron chi connectivity index (χ1n) is 6.50. The molecule has 1 aromatic heterocycles. The number of rotatable bonds is 6. The molecule has 0 aliphatic rings. The lowest BCUT2D eigenvalue weighted by atomic mass is 10.1. The predicted octanol–water partition coefficient (Wildman–Crippen LogP) is 3.56. The fraction of sp³-hybridized carbons (Fsp3) is 0.400. The molecule has 0 saturated carbocycles. The molecule has 19 heavy (non-hydrogen) atoms. The predicted molar refractivity (Wildman–Crippen MR) is 80.6 cm³/mol. The number of benzene rings is 1. The summed E-state index contributed by atoms with van der Waals surface area (Å²) >= 11 is 1.55. The summed E-state index contributed by atoms with van der Waals surface area (Å²) in [6.07, 6.45) is 0. The summed E-state index contributed by atoms with van der Waals surface area (Å²) in [6.45, 7) is 6.33. The quantitative estimate of drug-likeness (QED) is 0.876. The molecule has 0 radical (unpaired) electrons. The molecule has 0 bridgehead atoms. The number of ether oxygens (including phenoxy) is 1. The van der Waals surface area contributed by atoms with Crippen LogP contribution in [0.1, 0.15) is 18.7 Å². The van der Waals surface area contributed by atoms with Crippen LogP contribution in [-0.2, 0) is 6.54 Å². The van der Waals surface area contributed by atoms with Crippen molar-refractivity contribution in [2.24, 2.45) is 5.92 Å². The molecule has 2 rings (SSSR count). The molecule has 2 aromatic rings. The van der Waals surface area contributed by atoms with Crippen LogP contribution in [0.25, 0.3) is 11.3 Å². The van der Waals surface area contributed by atoms with Gasteiger partial charge in [-0.25, -0.2) is 0 Å². The second-order valence-electron chi connectivity index (χ2n) is 4.90. The maximum absolute atomic E-state index is 5.37. The second-order valence-corrected chi connectivity index (χ2v) is 5.79. The van der Waals surface area contributed by atoms with Gasteiger partial charge in [-0.1, -0.05) is 26.0 Å². The number of nitrogens with zero attached hydrogens (tertiary/aromatic N) is 1. The van der Waals surface area contributed by atoms with Gasteiger partial charge < -0.3 is 10.1 Å². The van der Waals surface area contributed by atoms with Crippen LogP contribution >= 0.6 is 11.5 Å². The third-order valence-electron chi connectivity index (χ3n) is 2.79. The Balaban J connectivity index is 2.08. The Hall–Kier alpha value is -1.39. The highest BCUT2D eigenvalue weighted by molar-refractivity contribution is 7.06. The van der Waals surface area contributed by atoms with E-state index in [1.54, 1.807) is 18.6 Å². The van der Waals surface area contributed by atoms with Gasteiger partial charge in [0.1, 0.15) is 5.75 Å². The SMILES string of the molecule is COc1ccccc1-c1cc(CNCC(C)C)sn1. The van der Waals surface area contributed by atoms with Gasteiger partial charge >= 0.3 is 0 Å². The normalized spacial score (nSPS) is 10.9. The summed E-state index contributed by atoms with van der Waals surface area (Å²) in [6, 6.07) is 10.1. The Morgan fingerprint density at radius 2 is 2.11 bits per heavy atom. The second kappa shape index (κ2) is 6.68. The van der Waals surface area contributed by atoms with Gasteiger partial charge in [0.25, 0.3) is 0 Å². The largest absolute Gasteiger partial charge is 0.496 e. The van der Waals surface area contributed by atoms with E-state index in [0.717, 1.165) is 30.1 Å². The molecule has 0 fully saturated rings. The average molecular weight is 276 g/mol. The molecule has 0 saturated heterocycles. The van der Waals surface area contributed by atoms with E-state index in [0.29, 0.717) is 5.92 Å². The van der Waals surface area contributed by atoms with Crippen molar-refractivity contribution in [2.45, 2.75) is 20.4 Å². The first kappa shape index (κ1) is 14.0. The standard InChI is InChI=1S/C15H20N2OS/c1-11(2)9-16-10-12-8-14(17-19-12)13-6-4-5-7-15(13)18-3/h4-8,11,16H,9-10H2,1-3H3. The van der Waals surface area contributed by atoms with E-state index >= 15 is 0 Å². The smallest absolute Gasteiger partial charge is 0.128 e. The molecule has 1 heterocycles. The third kappa shape index (κ3) is 3.78. The molecule has 0 aliphatic heterocycles. The lowest BCUT2D eigenvalue weighted by molar-refractivity contribution is 0.416. The number of methoxy groups -OCH3 is 1. The van der Waals surface area contributed by atoms with Crippen LogP contribution in [0.4, 0.5) is 0 Å². The summed E-state index contributed by atoms with van der Waals surface area (Å²) < 4.78 is 9.89. The summed E-state index contributed by atoms with van der Waals surface area (Å²) in [4.78, 5) is 1.25. The highest BCUT2D eigenvalue weighted by atomic mass is 32.1. The minimum absolute atomic E-state index is 0.668. The Bertz CT molecular complexity index is 522. The molecule has 0 aliphatic carbocycles. The molecule has 1 aromatic carbocycles. The number of para-hydroxylation sites is 1. The van der Waals surface area contributed by atoms with Gasteiger partial charge in [-0.15, -0.1) is 0 Å². The van der Waals surface area contributed by atoms with E-state index in [1.807, 2.05) is 24.3 Å². The monoisotopic (exact) mass is 276 g/mol. The summed E-state index contributed by atoms with van der Waals surface area (Å²) in [7, 11) is 1.69. The molecule has 0 spiro atoms. The maximum atomic E-state index is 5.37. The van der Waals surface area contributed by atoms with Gasteiger partial charge in [-0.05, 0) is 42.2 Å². The Morgan fingerprint density at radius 3 is 2.84 bits per heavy atom. The topological polar surface area (TPSA) is 34.1 Å². The van der Waals surface area contributed by atoms with Gasteiger partial charge in [0, 0.05) is 17.0 Å². The number of nitrogens with one attached hydrogen (secondary N) is 1. The fourth-order valence-corrected chi connectivity index (χ4v) is 2.56. The molecular formula is C15H20N2OS. The fourth-order valence-electron chi connectivity index (χ4n) is 1.86. The third-order valence-corrected chi connectivity index (χ3v) is 3.58. The van der Waals surface area contributed by atoms with Crippen molar-refractivity contribution in [3.63, 3.8) is 0 Å². The van der Waals surface area contributed by atoms with Crippen molar-refractivity contribution in [3.05, 3.63) is 35.2 Å². The van der Waals surface area contributed by atoms with Crippen LogP contribution in [0, 0.1) is 5.92 Å². The Morgan fingerprint density at radius 1 is 1.32 bits per heavy atom. The van der Waals surface area contributed by atoms with Gasteiger partial charge in [0.2, 0.25) is 0 Å². The molecule has 0 unspecified atom stereocenters. The molecular weight excluding hydrogens is 256 g/mol. The zero-order valence-electron chi connectivity index (χ0n) is 11.6. The van der Waals surface area contributed by atoms with E-state index in [2.05, 4.69) is 29.6 Å². The first-order chi connectivity index (χ1) is 9.20. The highest BCUT2D eigenvalue weighted by Crippen LogP contribution is 2.30. The van der Waals surface area contributed by atoms with Gasteiger partial charge in [-0.3, -0.25) is 0 Å². The van der Waals surface area contributed by atoms with E-state index in [9.17, 15) is 0 Å². The molecule has 0 atom stereocenters. The highest BCUT2D eigenvalue weighted by Gasteiger charge is 2.09. The first-order valence-corrected chi connectivity index (χ1v) is 7.27. The van der Waals surface area contributed by atoms with Crippen molar-refractivity contribution in [2.75, 3.05) is 13.7 Å². The van der Waals surface area contributed by atoms with Crippen molar-refractivity contribution < 1.29 is 4.74 Å². The molecule has 0 amide bonds. The molecule has 3 nitrogen and oxygen atoms in total. The minimum Gasteiger partial charge on any atom is -0.496 e. The minimum atomic E-state index is 0.668. The lowest BCUT2D eigenvalue weighted by Crippen LogP contribution is -2.18. The van der Waals surface area contributed by atoms with Crippen molar-refractivity contribution in [3.8, 4) is 17.0 Å². The van der Waals surface area contributed by atoms with Crippen LogP contribution in [0.3, 0.4) is 0 Å². The summed E-state index contributed by atoms with van der Waals surface area (Å²) in [5, 5.41) is 3.43. The van der Waals surface area contributed by atoms with E-state index in [4.69, 9.17) is 4.74 Å². The van der Waals surface area contributed by atoms with Crippen molar-refractivity contribution in [1.82, 2.24) is 9.69 Å². The Labute approximate surface area is 118 Å². The van der Waals surface area contributed by atoms with Crippen LogP contribution in [0.2, 0.25) is 0 Å². The van der Waals surface area contributed by atoms with Crippen LogP contribution in [0.5, 0.6) is 5.75 Å². The van der Waals surface area contributed by atoms with Crippen LogP contribution in [-0.4, -0.2) is 18.0 Å². The van der Waals surface area contributed by atoms with E-state index < -0.39 is 0 Å². The van der Waals surface area contributed by atoms with Gasteiger partial charge in [0.05, 0.1) is 12.8 Å². The summed E-state index contributed by atoms with van der Waals surface area (Å²) in [5.41, 5.74) is 2.04. The van der Waals surface area contributed by atoms with Crippen LogP contribution in [0.15, 0.2) is 30.3 Å². The van der Waals surface area contributed by atoms with E-state index in [-0.39, 0.29) is 0 Å². The van der Waals surface area contributed by atoms with Gasteiger partial charge in [0.15, 0.2) is 0 Å². The maximum Gasteiger partial charge on any atom is 0.128 e. The number of hydrogen-bond donors (Lipinski definition) is 1. The lowest BCUT2D eigenvalue weighted by Gasteiger charge is -2.05. The van der Waals surface area contributed by atoms with Crippen LogP contribution < -0.4 is 10.1 Å². The van der Waals surface area contributed by atoms with Crippen molar-refractivity contribution in [1.29, 1.82) is 0 Å². The van der Waals surface area contributed by atoms with E-state index in [1.165, 1.54) is 4.88 Å². The molecule has 102 valence electrons. The molecule has 4 heteroatoms. The summed E-state index contributed by atoms with van der Waals surface area (Å²) in [5.74, 6) is 1.54. The van der Waals surface area contributed by atoms with Gasteiger partial charge in [-0.2, -0.15) is 4.37 Å². The Kier molecular flexibility index (Phi) is 4.93. The average Bonchev–Trinajstić information content (AvgIpc) is 2.87. The van der Waals surface area contributed by atoms with Crippen molar-refractivity contribution >= 4 is 11.5 Å². The number of aromatic nitrogens is 1. The zero-order chi connectivity index (χ0) is 13.7. The molecule has 1 N–H and O–H groups in total. The zero-order valence-corrected chi connectivity index (χ0v) is 12.5.